The minimum atomic E-state index is -0.501. The van der Waals surface area contributed by atoms with E-state index in [1.54, 1.807) is 31.2 Å². The van der Waals surface area contributed by atoms with Gasteiger partial charge in [0.05, 0.1) is 21.3 Å². The van der Waals surface area contributed by atoms with Crippen LogP contribution in [0.5, 0.6) is 17.2 Å². The van der Waals surface area contributed by atoms with Gasteiger partial charge < -0.3 is 23.9 Å². The molecule has 0 aliphatic rings. The zero-order chi connectivity index (χ0) is 19.6. The third kappa shape index (κ3) is 3.40. The van der Waals surface area contributed by atoms with Crippen molar-refractivity contribution in [2.24, 2.45) is 0 Å². The van der Waals surface area contributed by atoms with Crippen molar-refractivity contribution in [2.45, 2.75) is 13.5 Å². The topological polar surface area (TPSA) is 69.9 Å². The lowest BCUT2D eigenvalue weighted by Crippen LogP contribution is -2.23. The Hall–Kier alpha value is -3.22. The molecule has 1 N–H and O–H groups in total. The van der Waals surface area contributed by atoms with Gasteiger partial charge in [0.25, 0.3) is 5.91 Å². The van der Waals surface area contributed by atoms with E-state index in [-0.39, 0.29) is 17.9 Å². The quantitative estimate of drug-likeness (QED) is 0.711. The summed E-state index contributed by atoms with van der Waals surface area (Å²) in [5.74, 6) is 0.600. The Balaban J connectivity index is 1.84. The van der Waals surface area contributed by atoms with Gasteiger partial charge in [0, 0.05) is 17.5 Å². The number of carbonyl (C=O) groups is 1. The second-order valence-corrected chi connectivity index (χ2v) is 5.89. The van der Waals surface area contributed by atoms with Crippen LogP contribution in [-0.2, 0) is 6.54 Å². The minimum Gasteiger partial charge on any atom is -0.493 e. The summed E-state index contributed by atoms with van der Waals surface area (Å²) in [6.45, 7) is 1.92. The van der Waals surface area contributed by atoms with Crippen LogP contribution in [0.2, 0.25) is 0 Å². The third-order valence-corrected chi connectivity index (χ3v) is 4.30. The number of ether oxygens (including phenoxy) is 3. The number of hydrogen-bond donors (Lipinski definition) is 1. The second kappa shape index (κ2) is 7.57. The van der Waals surface area contributed by atoms with Crippen molar-refractivity contribution in [1.82, 2.24) is 5.32 Å². The first kappa shape index (κ1) is 18.6. The first-order valence-corrected chi connectivity index (χ1v) is 8.24. The SMILES string of the molecule is COc1cc(CNC(=O)c2oc3c(F)cccc3c2C)cc(OC)c1OC. The molecule has 1 aromatic heterocycles. The largest absolute Gasteiger partial charge is 0.493 e. The molecule has 1 amide bonds. The van der Waals surface area contributed by atoms with E-state index in [0.29, 0.717) is 28.2 Å². The van der Waals surface area contributed by atoms with E-state index in [4.69, 9.17) is 18.6 Å². The summed E-state index contributed by atoms with van der Waals surface area (Å²) in [5, 5.41) is 3.35. The molecule has 6 nitrogen and oxygen atoms in total. The van der Waals surface area contributed by atoms with Crippen LogP contribution in [0.4, 0.5) is 4.39 Å². The molecule has 2 aromatic carbocycles. The number of para-hydroxylation sites is 1. The Kier molecular flexibility index (Phi) is 5.21. The second-order valence-electron chi connectivity index (χ2n) is 5.89. The van der Waals surface area contributed by atoms with Gasteiger partial charge in [0.1, 0.15) is 0 Å². The van der Waals surface area contributed by atoms with E-state index < -0.39 is 11.7 Å². The highest BCUT2D eigenvalue weighted by molar-refractivity contribution is 5.99. The molecule has 1 heterocycles. The predicted molar refractivity (Wildman–Crippen MR) is 98.2 cm³/mol. The minimum absolute atomic E-state index is 0.0768. The maximum Gasteiger partial charge on any atom is 0.287 e. The number of halogens is 1. The molecule has 3 aromatic rings. The highest BCUT2D eigenvalue weighted by atomic mass is 19.1. The lowest BCUT2D eigenvalue weighted by atomic mass is 10.1. The van der Waals surface area contributed by atoms with E-state index in [1.807, 2.05) is 0 Å². The number of furan rings is 1. The van der Waals surface area contributed by atoms with Gasteiger partial charge in [0.15, 0.2) is 28.7 Å². The van der Waals surface area contributed by atoms with Crippen LogP contribution in [0.25, 0.3) is 11.0 Å². The highest BCUT2D eigenvalue weighted by Crippen LogP contribution is 2.38. The number of nitrogens with one attached hydrogen (secondary N) is 1. The van der Waals surface area contributed by atoms with E-state index in [9.17, 15) is 9.18 Å². The van der Waals surface area contributed by atoms with Crippen molar-refractivity contribution in [3.05, 3.63) is 53.0 Å². The number of aryl methyl sites for hydroxylation is 1. The molecule has 0 fully saturated rings. The van der Waals surface area contributed by atoms with Gasteiger partial charge in [-0.25, -0.2) is 4.39 Å². The Morgan fingerprint density at radius 2 is 1.78 bits per heavy atom. The number of fused-ring (bicyclic) bond motifs is 1. The molecule has 3 rings (SSSR count). The smallest absolute Gasteiger partial charge is 0.287 e. The van der Waals surface area contributed by atoms with Gasteiger partial charge in [-0.1, -0.05) is 12.1 Å². The van der Waals surface area contributed by atoms with E-state index in [2.05, 4.69) is 5.32 Å². The van der Waals surface area contributed by atoms with Crippen LogP contribution in [0, 0.1) is 12.7 Å². The molecule has 0 spiro atoms. The predicted octanol–water partition coefficient (Wildman–Crippen LogP) is 3.84. The van der Waals surface area contributed by atoms with Gasteiger partial charge in [-0.2, -0.15) is 0 Å². The highest BCUT2D eigenvalue weighted by Gasteiger charge is 2.20. The number of hydrogen-bond acceptors (Lipinski definition) is 5. The standard InChI is InChI=1S/C20H20FNO5/c1-11-13-6-5-7-14(21)18(13)27-17(11)20(23)22-10-12-8-15(24-2)19(26-4)16(9-12)25-3/h5-9H,10H2,1-4H3,(H,22,23). The fourth-order valence-corrected chi connectivity index (χ4v) is 2.93. The third-order valence-electron chi connectivity index (χ3n) is 4.30. The molecule has 142 valence electrons. The summed E-state index contributed by atoms with van der Waals surface area (Å²) in [6, 6.07) is 8.08. The zero-order valence-corrected chi connectivity index (χ0v) is 15.5. The fraction of sp³-hybridized carbons (Fsp3) is 0.250. The summed E-state index contributed by atoms with van der Waals surface area (Å²) in [7, 11) is 4.56. The molecule has 27 heavy (non-hydrogen) atoms. The number of rotatable bonds is 6. The molecule has 0 saturated heterocycles. The van der Waals surface area contributed by atoms with E-state index in [0.717, 1.165) is 5.56 Å². The Labute approximate surface area is 155 Å². The molecule has 0 atom stereocenters. The van der Waals surface area contributed by atoms with Crippen LogP contribution < -0.4 is 19.5 Å². The van der Waals surface area contributed by atoms with Crippen molar-refractivity contribution in [1.29, 1.82) is 0 Å². The van der Waals surface area contributed by atoms with Gasteiger partial charge in [-0.05, 0) is 30.7 Å². The number of carbonyl (C=O) groups excluding carboxylic acids is 1. The number of methoxy groups -OCH3 is 3. The monoisotopic (exact) mass is 373 g/mol. The summed E-state index contributed by atoms with van der Waals surface area (Å²) in [4.78, 5) is 12.5. The summed E-state index contributed by atoms with van der Waals surface area (Å²) in [6.07, 6.45) is 0. The lowest BCUT2D eigenvalue weighted by Gasteiger charge is -2.14. The van der Waals surface area contributed by atoms with Crippen LogP contribution >= 0.6 is 0 Å². The average molecular weight is 373 g/mol. The van der Waals surface area contributed by atoms with Crippen LogP contribution in [0.3, 0.4) is 0 Å². The molecular weight excluding hydrogens is 353 g/mol. The molecule has 0 aliphatic heterocycles. The van der Waals surface area contributed by atoms with Crippen LogP contribution in [0.1, 0.15) is 21.7 Å². The van der Waals surface area contributed by atoms with Crippen LogP contribution in [-0.4, -0.2) is 27.2 Å². The first-order chi connectivity index (χ1) is 13.0. The number of benzene rings is 2. The van der Waals surface area contributed by atoms with Crippen molar-refractivity contribution in [3.63, 3.8) is 0 Å². The molecule has 0 unspecified atom stereocenters. The first-order valence-electron chi connectivity index (χ1n) is 8.24. The molecular formula is C20H20FNO5. The van der Waals surface area contributed by atoms with Gasteiger partial charge in [-0.3, -0.25) is 4.79 Å². The zero-order valence-electron chi connectivity index (χ0n) is 15.5. The van der Waals surface area contributed by atoms with Crippen molar-refractivity contribution >= 4 is 16.9 Å². The molecule has 0 saturated carbocycles. The summed E-state index contributed by atoms with van der Waals surface area (Å²) < 4.78 is 35.2. The van der Waals surface area contributed by atoms with Gasteiger partial charge in [0.2, 0.25) is 5.75 Å². The average Bonchev–Trinajstić information content (AvgIpc) is 3.03. The van der Waals surface area contributed by atoms with Crippen molar-refractivity contribution < 1.29 is 27.8 Å². The maximum atomic E-state index is 13.9. The molecule has 0 aliphatic carbocycles. The van der Waals surface area contributed by atoms with Gasteiger partial charge in [-0.15, -0.1) is 0 Å². The Morgan fingerprint density at radius 1 is 1.11 bits per heavy atom. The lowest BCUT2D eigenvalue weighted by molar-refractivity contribution is 0.0924. The fourth-order valence-electron chi connectivity index (χ4n) is 2.93. The molecule has 7 heteroatoms. The summed E-state index contributed by atoms with van der Waals surface area (Å²) in [5.41, 5.74) is 1.41. The maximum absolute atomic E-state index is 13.9. The van der Waals surface area contributed by atoms with Crippen molar-refractivity contribution in [3.8, 4) is 17.2 Å². The molecule has 0 bridgehead atoms. The Morgan fingerprint density at radius 3 is 2.33 bits per heavy atom. The Bertz CT molecular complexity index is 970. The van der Waals surface area contributed by atoms with Crippen molar-refractivity contribution in [2.75, 3.05) is 21.3 Å². The normalized spacial score (nSPS) is 10.7. The molecule has 0 radical (unpaired) electrons. The van der Waals surface area contributed by atoms with E-state index >= 15 is 0 Å². The van der Waals surface area contributed by atoms with Crippen LogP contribution in [0.15, 0.2) is 34.7 Å². The summed E-state index contributed by atoms with van der Waals surface area (Å²) >= 11 is 0. The van der Waals surface area contributed by atoms with Gasteiger partial charge >= 0.3 is 0 Å². The van der Waals surface area contributed by atoms with E-state index in [1.165, 1.54) is 27.4 Å². The number of amides is 1.